The first-order valence-corrected chi connectivity index (χ1v) is 5.27. The van der Waals surface area contributed by atoms with E-state index in [1.54, 1.807) is 18.5 Å². The highest BCUT2D eigenvalue weighted by molar-refractivity contribution is 6.00. The zero-order chi connectivity index (χ0) is 12.4. The number of aryl methyl sites for hydroxylation is 2. The van der Waals surface area contributed by atoms with E-state index >= 15 is 0 Å². The lowest BCUT2D eigenvalue weighted by molar-refractivity contribution is 0.100. The van der Waals surface area contributed by atoms with Crippen LogP contribution in [-0.2, 0) is 0 Å². The van der Waals surface area contributed by atoms with Crippen molar-refractivity contribution in [2.75, 3.05) is 0 Å². The maximum atomic E-state index is 11.4. The van der Waals surface area contributed by atoms with Crippen molar-refractivity contribution in [2.24, 2.45) is 5.73 Å². The number of primary amides is 1. The molecule has 2 heterocycles. The molecule has 86 valence electrons. The molecule has 0 aromatic carbocycles. The Bertz CT molecular complexity index is 558. The van der Waals surface area contributed by atoms with E-state index in [1.165, 1.54) is 6.20 Å². The Balaban J connectivity index is 2.73. The second-order valence-corrected chi connectivity index (χ2v) is 3.87. The van der Waals surface area contributed by atoms with Crippen LogP contribution in [0.25, 0.3) is 11.1 Å². The number of nitrogens with two attached hydrogens (primary N) is 1. The molecule has 0 bridgehead atoms. The molecule has 0 fully saturated rings. The fourth-order valence-corrected chi connectivity index (χ4v) is 1.91. The molecule has 17 heavy (non-hydrogen) atoms. The maximum absolute atomic E-state index is 11.4. The van der Waals surface area contributed by atoms with Gasteiger partial charge in [-0.3, -0.25) is 14.8 Å². The van der Waals surface area contributed by atoms with E-state index in [0.29, 0.717) is 5.56 Å². The van der Waals surface area contributed by atoms with Gasteiger partial charge < -0.3 is 5.73 Å². The monoisotopic (exact) mass is 227 g/mol. The Kier molecular flexibility index (Phi) is 2.87. The Hall–Kier alpha value is -2.23. The van der Waals surface area contributed by atoms with Crippen LogP contribution in [0, 0.1) is 13.8 Å². The number of rotatable bonds is 2. The van der Waals surface area contributed by atoms with Crippen LogP contribution in [0.2, 0.25) is 0 Å². The highest BCUT2D eigenvalue weighted by atomic mass is 16.1. The zero-order valence-corrected chi connectivity index (χ0v) is 9.77. The van der Waals surface area contributed by atoms with Gasteiger partial charge in [0.05, 0.1) is 5.56 Å². The van der Waals surface area contributed by atoms with Crippen LogP contribution in [-0.4, -0.2) is 15.9 Å². The molecular weight excluding hydrogens is 214 g/mol. The van der Waals surface area contributed by atoms with Gasteiger partial charge in [0.15, 0.2) is 0 Å². The smallest absolute Gasteiger partial charge is 0.250 e. The molecule has 0 spiro atoms. The molecule has 0 aliphatic rings. The fraction of sp³-hybridized carbons (Fsp3) is 0.154. The molecule has 0 saturated heterocycles. The van der Waals surface area contributed by atoms with Crippen LogP contribution in [0.3, 0.4) is 0 Å². The van der Waals surface area contributed by atoms with Gasteiger partial charge >= 0.3 is 0 Å². The van der Waals surface area contributed by atoms with Gasteiger partial charge in [-0.05, 0) is 37.1 Å². The third kappa shape index (κ3) is 2.01. The number of hydrogen-bond donors (Lipinski definition) is 1. The van der Waals surface area contributed by atoms with Crippen molar-refractivity contribution >= 4 is 5.91 Å². The second-order valence-electron chi connectivity index (χ2n) is 3.87. The van der Waals surface area contributed by atoms with Crippen molar-refractivity contribution in [1.82, 2.24) is 9.97 Å². The van der Waals surface area contributed by atoms with E-state index in [4.69, 9.17) is 5.73 Å². The summed E-state index contributed by atoms with van der Waals surface area (Å²) in [5, 5.41) is 0. The second kappa shape index (κ2) is 4.33. The van der Waals surface area contributed by atoms with Gasteiger partial charge in [-0.2, -0.15) is 0 Å². The highest BCUT2D eigenvalue weighted by Gasteiger charge is 2.13. The van der Waals surface area contributed by atoms with Crippen molar-refractivity contribution in [3.8, 4) is 11.1 Å². The number of aromatic nitrogens is 2. The Labute approximate surface area is 99.5 Å². The first-order valence-electron chi connectivity index (χ1n) is 5.27. The molecule has 0 aliphatic carbocycles. The zero-order valence-electron chi connectivity index (χ0n) is 9.77. The third-order valence-electron chi connectivity index (χ3n) is 2.70. The topological polar surface area (TPSA) is 68.9 Å². The molecule has 1 amide bonds. The Morgan fingerprint density at radius 2 is 2.00 bits per heavy atom. The Morgan fingerprint density at radius 3 is 2.65 bits per heavy atom. The molecule has 4 nitrogen and oxygen atoms in total. The molecule has 4 heteroatoms. The molecule has 0 radical (unpaired) electrons. The van der Waals surface area contributed by atoms with Gasteiger partial charge in [-0.15, -0.1) is 0 Å². The standard InChI is InChI=1S/C13H13N3O/c1-8-3-6-16-9(2)12(8)10-4-5-15-7-11(10)13(14)17/h3-7H,1-2H3,(H2,14,17). The summed E-state index contributed by atoms with van der Waals surface area (Å²) in [6.07, 6.45) is 4.89. The minimum absolute atomic E-state index is 0.423. The highest BCUT2D eigenvalue weighted by Crippen LogP contribution is 2.27. The van der Waals surface area contributed by atoms with Crippen LogP contribution in [0.15, 0.2) is 30.7 Å². The predicted molar refractivity (Wildman–Crippen MR) is 65.5 cm³/mol. The van der Waals surface area contributed by atoms with Crippen LogP contribution in [0.5, 0.6) is 0 Å². The van der Waals surface area contributed by atoms with Crippen molar-refractivity contribution in [1.29, 1.82) is 0 Å². The van der Waals surface area contributed by atoms with Crippen LogP contribution in [0.4, 0.5) is 0 Å². The minimum atomic E-state index is -0.476. The SMILES string of the molecule is Cc1ccnc(C)c1-c1ccncc1C(N)=O. The number of amides is 1. The predicted octanol–water partition coefficient (Wildman–Crippen LogP) is 1.86. The van der Waals surface area contributed by atoms with E-state index in [1.807, 2.05) is 19.9 Å². The van der Waals surface area contributed by atoms with Crippen LogP contribution >= 0.6 is 0 Å². The fourth-order valence-electron chi connectivity index (χ4n) is 1.91. The summed E-state index contributed by atoms with van der Waals surface area (Å²) in [7, 11) is 0. The first-order chi connectivity index (χ1) is 8.11. The summed E-state index contributed by atoms with van der Waals surface area (Å²) in [5.74, 6) is -0.476. The normalized spacial score (nSPS) is 10.2. The van der Waals surface area contributed by atoms with E-state index < -0.39 is 5.91 Å². The number of nitrogens with zero attached hydrogens (tertiary/aromatic N) is 2. The molecule has 2 N–H and O–H groups in total. The summed E-state index contributed by atoms with van der Waals surface area (Å²) in [4.78, 5) is 19.6. The van der Waals surface area contributed by atoms with E-state index in [2.05, 4.69) is 9.97 Å². The quantitative estimate of drug-likeness (QED) is 0.851. The maximum Gasteiger partial charge on any atom is 0.250 e. The van der Waals surface area contributed by atoms with Crippen LogP contribution < -0.4 is 5.73 Å². The van der Waals surface area contributed by atoms with E-state index in [-0.39, 0.29) is 0 Å². The largest absolute Gasteiger partial charge is 0.366 e. The summed E-state index contributed by atoms with van der Waals surface area (Å²) < 4.78 is 0. The molecular formula is C13H13N3O. The number of pyridine rings is 2. The van der Waals surface area contributed by atoms with Crippen molar-refractivity contribution < 1.29 is 4.79 Å². The average molecular weight is 227 g/mol. The summed E-state index contributed by atoms with van der Waals surface area (Å²) >= 11 is 0. The van der Waals surface area contributed by atoms with Crippen molar-refractivity contribution in [3.05, 3.63) is 47.5 Å². The molecule has 0 saturated carbocycles. The van der Waals surface area contributed by atoms with Crippen molar-refractivity contribution in [2.45, 2.75) is 13.8 Å². The number of carbonyl (C=O) groups is 1. The van der Waals surface area contributed by atoms with E-state index in [0.717, 1.165) is 22.4 Å². The molecule has 2 rings (SSSR count). The molecule has 2 aromatic heterocycles. The van der Waals surface area contributed by atoms with Gasteiger partial charge in [0.2, 0.25) is 0 Å². The van der Waals surface area contributed by atoms with Gasteiger partial charge in [0.1, 0.15) is 0 Å². The summed E-state index contributed by atoms with van der Waals surface area (Å²) in [6, 6.07) is 3.70. The van der Waals surface area contributed by atoms with E-state index in [9.17, 15) is 4.79 Å². The van der Waals surface area contributed by atoms with Crippen molar-refractivity contribution in [3.63, 3.8) is 0 Å². The Morgan fingerprint density at radius 1 is 1.24 bits per heavy atom. The number of carbonyl (C=O) groups excluding carboxylic acids is 1. The molecule has 0 atom stereocenters. The molecule has 0 aliphatic heterocycles. The summed E-state index contributed by atoms with van der Waals surface area (Å²) in [6.45, 7) is 3.89. The molecule has 0 unspecified atom stereocenters. The lowest BCUT2D eigenvalue weighted by Crippen LogP contribution is -2.13. The van der Waals surface area contributed by atoms with Gasteiger partial charge in [-0.25, -0.2) is 0 Å². The lowest BCUT2D eigenvalue weighted by Gasteiger charge is -2.11. The molecule has 2 aromatic rings. The number of hydrogen-bond acceptors (Lipinski definition) is 3. The van der Waals surface area contributed by atoms with Gasteiger partial charge in [0.25, 0.3) is 5.91 Å². The minimum Gasteiger partial charge on any atom is -0.366 e. The van der Waals surface area contributed by atoms with Crippen LogP contribution in [0.1, 0.15) is 21.6 Å². The van der Waals surface area contributed by atoms with Gasteiger partial charge in [-0.1, -0.05) is 0 Å². The first kappa shape index (κ1) is 11.3. The van der Waals surface area contributed by atoms with Gasteiger partial charge in [0, 0.05) is 29.8 Å². The summed E-state index contributed by atoms with van der Waals surface area (Å²) in [5.41, 5.74) is 9.45. The average Bonchev–Trinajstić information content (AvgIpc) is 2.29. The third-order valence-corrected chi connectivity index (χ3v) is 2.70. The lowest BCUT2D eigenvalue weighted by atomic mass is 9.96.